The number of carbonyl (C=O) groups is 4. The van der Waals surface area contributed by atoms with Crippen LogP contribution in [-0.4, -0.2) is 97.5 Å². The van der Waals surface area contributed by atoms with E-state index in [0.29, 0.717) is 23.1 Å². The fraction of sp³-hybridized carbons (Fsp3) is 0.576. The predicted molar refractivity (Wildman–Crippen MR) is 161 cm³/mol. The minimum atomic E-state index is -2.51. The van der Waals surface area contributed by atoms with Crippen molar-refractivity contribution in [3.63, 3.8) is 0 Å². The van der Waals surface area contributed by atoms with E-state index in [1.165, 1.54) is 25.2 Å². The number of aliphatic hydroxyl groups excluding tert-OH is 2. The van der Waals surface area contributed by atoms with Crippen LogP contribution in [-0.2, 0) is 46.6 Å². The van der Waals surface area contributed by atoms with Crippen LogP contribution in [0.2, 0.25) is 0 Å². The maximum atomic E-state index is 17.3. The summed E-state index contributed by atoms with van der Waals surface area (Å²) >= 11 is 0. The molecule has 9 atom stereocenters. The number of benzene rings is 1. The van der Waals surface area contributed by atoms with Gasteiger partial charge in [-0.1, -0.05) is 42.8 Å². The van der Waals surface area contributed by atoms with Crippen molar-refractivity contribution in [1.82, 2.24) is 5.39 Å². The van der Waals surface area contributed by atoms with Crippen molar-refractivity contribution in [1.29, 1.82) is 0 Å². The van der Waals surface area contributed by atoms with E-state index >= 15 is 4.39 Å². The number of halogens is 1. The number of hydrogen-bond acceptors (Lipinski definition) is 15. The fourth-order valence-electron chi connectivity index (χ4n) is 8.45. The number of alkyl halides is 1. The van der Waals surface area contributed by atoms with Crippen molar-refractivity contribution < 1.29 is 68.4 Å². The molecule has 16 heteroatoms. The van der Waals surface area contributed by atoms with Crippen LogP contribution in [0.15, 0.2) is 48.1 Å². The van der Waals surface area contributed by atoms with Gasteiger partial charge in [-0.3, -0.25) is 24.8 Å². The van der Waals surface area contributed by atoms with E-state index in [4.69, 9.17) is 30.4 Å². The number of Topliss-reactive ketones (excluding diaryl/α,β-unsaturated/α-hetero) is 1. The Morgan fingerprint density at radius 3 is 2.39 bits per heavy atom. The number of fused-ring (bicyclic) bond motifs is 5. The maximum Gasteiger partial charge on any atom is 0.508 e. The second kappa shape index (κ2) is 13.6. The quantitative estimate of drug-likeness (QED) is 0.142. The van der Waals surface area contributed by atoms with Gasteiger partial charge >= 0.3 is 12.1 Å². The molecular weight excluding hydrogens is 651 g/mol. The molecule has 3 saturated carbocycles. The van der Waals surface area contributed by atoms with Crippen LogP contribution in [0.4, 0.5) is 9.18 Å². The highest BCUT2D eigenvalue weighted by molar-refractivity contribution is 6.01. The SMILES string of the molecule is C[C@]12C=CC(=O)C=C1CC[C@H]1[C@@H]3C[C@@H](O)[C@](O)(C(=O)COC(=O)C(N)COC(=O)OCc4ccccc4CON(O)O)[C@@]3(C)C[C@H](O)[C@@]12F. The molecule has 7 N–H and O–H groups in total. The third kappa shape index (κ3) is 6.20. The number of rotatable bonds is 11. The molecule has 0 saturated heterocycles. The van der Waals surface area contributed by atoms with Crippen LogP contribution in [0.3, 0.4) is 0 Å². The molecule has 3 fully saturated rings. The first-order valence-corrected chi connectivity index (χ1v) is 15.8. The van der Waals surface area contributed by atoms with E-state index in [2.05, 4.69) is 4.84 Å². The summed E-state index contributed by atoms with van der Waals surface area (Å²) in [5.74, 6) is -4.12. The Hall–Kier alpha value is -3.61. The Labute approximate surface area is 280 Å². The first-order valence-electron chi connectivity index (χ1n) is 15.8. The van der Waals surface area contributed by atoms with E-state index in [9.17, 15) is 34.5 Å². The molecule has 15 nitrogen and oxygen atoms in total. The summed E-state index contributed by atoms with van der Waals surface area (Å²) in [6.45, 7) is 0.872. The number of allylic oxidation sites excluding steroid dienone is 4. The predicted octanol–water partition coefficient (Wildman–Crippen LogP) is 1.36. The van der Waals surface area contributed by atoms with Crippen LogP contribution < -0.4 is 5.73 Å². The molecule has 0 radical (unpaired) electrons. The third-order valence-corrected chi connectivity index (χ3v) is 11.1. The van der Waals surface area contributed by atoms with Crippen molar-refractivity contribution in [2.75, 3.05) is 13.2 Å². The topological polar surface area (TPSA) is 236 Å². The fourth-order valence-corrected chi connectivity index (χ4v) is 8.45. The lowest BCUT2D eigenvalue weighted by Crippen LogP contribution is -2.69. The van der Waals surface area contributed by atoms with Crippen molar-refractivity contribution in [3.05, 3.63) is 59.2 Å². The molecule has 5 rings (SSSR count). The molecule has 1 aromatic rings. The zero-order chi connectivity index (χ0) is 35.9. The van der Waals surface area contributed by atoms with Gasteiger partial charge in [0.25, 0.3) is 0 Å². The summed E-state index contributed by atoms with van der Waals surface area (Å²) in [5, 5.41) is 51.3. The largest absolute Gasteiger partial charge is 0.508 e. The number of esters is 1. The van der Waals surface area contributed by atoms with Crippen LogP contribution in [0, 0.1) is 22.7 Å². The van der Waals surface area contributed by atoms with E-state index < -0.39 is 95.1 Å². The zero-order valence-electron chi connectivity index (χ0n) is 27.0. The molecule has 0 bridgehead atoms. The van der Waals surface area contributed by atoms with Gasteiger partial charge in [0, 0.05) is 16.7 Å². The molecule has 4 aliphatic carbocycles. The Morgan fingerprint density at radius 2 is 1.71 bits per heavy atom. The summed E-state index contributed by atoms with van der Waals surface area (Å²) in [4.78, 5) is 54.8. The highest BCUT2D eigenvalue weighted by Gasteiger charge is 2.76. The summed E-state index contributed by atoms with van der Waals surface area (Å²) in [6, 6.07) is 4.91. The number of nitrogens with zero attached hydrogens (tertiary/aromatic N) is 1. The van der Waals surface area contributed by atoms with Crippen molar-refractivity contribution in [3.8, 4) is 0 Å². The molecule has 0 spiro atoms. The Morgan fingerprint density at radius 1 is 1.04 bits per heavy atom. The van der Waals surface area contributed by atoms with Crippen LogP contribution in [0.1, 0.15) is 50.7 Å². The normalized spacial score (nSPS) is 35.5. The number of hydrogen-bond donors (Lipinski definition) is 6. The highest BCUT2D eigenvalue weighted by atomic mass is 19.1. The van der Waals surface area contributed by atoms with Gasteiger partial charge in [-0.25, -0.2) is 14.0 Å². The Balaban J connectivity index is 1.17. The van der Waals surface area contributed by atoms with Crippen LogP contribution in [0.5, 0.6) is 0 Å². The summed E-state index contributed by atoms with van der Waals surface area (Å²) < 4.78 is 32.2. The lowest BCUT2D eigenvalue weighted by Gasteiger charge is -2.62. The number of carbonyl (C=O) groups excluding carboxylic acids is 4. The minimum absolute atomic E-state index is 0.151. The molecule has 1 aromatic carbocycles. The lowest BCUT2D eigenvalue weighted by molar-refractivity contribution is -0.497. The molecule has 0 aliphatic heterocycles. The smallest absolute Gasteiger partial charge is 0.456 e. The number of ether oxygens (including phenoxy) is 3. The maximum absolute atomic E-state index is 17.3. The van der Waals surface area contributed by atoms with Crippen LogP contribution in [0.25, 0.3) is 0 Å². The Bertz CT molecular complexity index is 1550. The van der Waals surface area contributed by atoms with Gasteiger partial charge in [0.1, 0.15) is 19.3 Å². The van der Waals surface area contributed by atoms with Gasteiger partial charge in [-0.2, -0.15) is 0 Å². The van der Waals surface area contributed by atoms with Gasteiger partial charge in [-0.05, 0) is 61.8 Å². The standard InChI is InChI=1S/C33H41FN2O13/c1-30-10-9-21(37)11-20(30)7-8-22-23-12-25(38)33(43,31(23,2)13-26(39)32(22,30)34)27(40)17-46-28(41)24(35)16-48-29(42)47-14-18-5-3-4-6-19(18)15-49-36(44)45/h3-6,9-11,22-26,38-39,43-45H,7-8,12-17,35H2,1-2H3/t22-,23-,24?,25+,26-,30-,31-,32-,33-/m0/s1. The van der Waals surface area contributed by atoms with Crippen molar-refractivity contribution in [2.45, 2.75) is 82.3 Å². The monoisotopic (exact) mass is 692 g/mol. The van der Waals surface area contributed by atoms with Gasteiger partial charge < -0.3 is 35.3 Å². The molecule has 0 amide bonds. The van der Waals surface area contributed by atoms with E-state index in [-0.39, 0.29) is 31.8 Å². The highest BCUT2D eigenvalue weighted by Crippen LogP contribution is 2.69. The molecule has 0 heterocycles. The summed E-state index contributed by atoms with van der Waals surface area (Å²) in [5.41, 5.74) is -0.306. The summed E-state index contributed by atoms with van der Waals surface area (Å²) in [7, 11) is 0. The molecule has 4 aliphatic rings. The Kier molecular flexibility index (Phi) is 10.2. The van der Waals surface area contributed by atoms with E-state index in [1.54, 1.807) is 31.2 Å². The average Bonchev–Trinajstić information content (AvgIpc) is 3.26. The van der Waals surface area contributed by atoms with Crippen molar-refractivity contribution >= 4 is 23.7 Å². The molecule has 268 valence electrons. The van der Waals surface area contributed by atoms with Crippen LogP contribution >= 0.6 is 0 Å². The molecular formula is C33H41FN2O13. The number of ketones is 2. The molecule has 1 unspecified atom stereocenters. The van der Waals surface area contributed by atoms with Gasteiger partial charge in [0.15, 0.2) is 23.7 Å². The second-order valence-electron chi connectivity index (χ2n) is 13.6. The molecule has 49 heavy (non-hydrogen) atoms. The van der Waals surface area contributed by atoms with Crippen molar-refractivity contribution in [2.24, 2.45) is 28.4 Å². The van der Waals surface area contributed by atoms with Gasteiger partial charge in [0.2, 0.25) is 5.78 Å². The second-order valence-corrected chi connectivity index (χ2v) is 13.6. The molecule has 0 aromatic heterocycles. The number of nitrogens with two attached hydrogens (primary N) is 1. The van der Waals surface area contributed by atoms with Gasteiger partial charge in [-0.15, -0.1) is 0 Å². The average molecular weight is 693 g/mol. The third-order valence-electron chi connectivity index (χ3n) is 11.1. The van der Waals surface area contributed by atoms with E-state index in [1.807, 2.05) is 0 Å². The first kappa shape index (κ1) is 36.7. The minimum Gasteiger partial charge on any atom is -0.456 e. The zero-order valence-corrected chi connectivity index (χ0v) is 27.0. The van der Waals surface area contributed by atoms with Gasteiger partial charge in [0.05, 0.1) is 24.2 Å². The number of aliphatic hydroxyl groups is 3. The lowest BCUT2D eigenvalue weighted by atomic mass is 9.44. The first-order chi connectivity index (χ1) is 23.0. The van der Waals surface area contributed by atoms with E-state index in [0.717, 1.165) is 0 Å². The summed E-state index contributed by atoms with van der Waals surface area (Å²) in [6.07, 6.45) is -0.373.